The highest BCUT2D eigenvalue weighted by molar-refractivity contribution is 5.99. The maximum Gasteiger partial charge on any atom is 0.323 e. The first kappa shape index (κ1) is 17.8. The van der Waals surface area contributed by atoms with Crippen LogP contribution in [0.5, 0.6) is 5.75 Å². The number of rotatable bonds is 5. The van der Waals surface area contributed by atoms with Gasteiger partial charge in [0.15, 0.2) is 6.61 Å². The Labute approximate surface area is 145 Å². The van der Waals surface area contributed by atoms with Gasteiger partial charge in [0, 0.05) is 25.5 Å². The summed E-state index contributed by atoms with van der Waals surface area (Å²) in [6.07, 6.45) is 0. The van der Waals surface area contributed by atoms with Gasteiger partial charge in [0.05, 0.1) is 11.6 Å². The summed E-state index contributed by atoms with van der Waals surface area (Å²) in [4.78, 5) is 24.9. The maximum atomic E-state index is 11.9. The highest BCUT2D eigenvalue weighted by Gasteiger charge is 2.06. The number of anilines is 2. The summed E-state index contributed by atoms with van der Waals surface area (Å²) in [6.45, 7) is -0.0427. The van der Waals surface area contributed by atoms with Crippen LogP contribution in [-0.2, 0) is 4.79 Å². The Morgan fingerprint density at radius 1 is 1.00 bits per heavy atom. The van der Waals surface area contributed by atoms with Crippen LogP contribution in [-0.4, -0.2) is 37.5 Å². The molecule has 25 heavy (non-hydrogen) atoms. The van der Waals surface area contributed by atoms with E-state index in [1.807, 2.05) is 6.07 Å². The molecule has 2 N–H and O–H groups in total. The Morgan fingerprint density at radius 3 is 2.00 bits per heavy atom. The lowest BCUT2D eigenvalue weighted by Gasteiger charge is -2.12. The van der Waals surface area contributed by atoms with Gasteiger partial charge in [-0.15, -0.1) is 0 Å². The van der Waals surface area contributed by atoms with Crippen LogP contribution >= 0.6 is 0 Å². The lowest BCUT2D eigenvalue weighted by atomic mass is 10.2. The zero-order valence-corrected chi connectivity index (χ0v) is 13.9. The monoisotopic (exact) mass is 338 g/mol. The van der Waals surface area contributed by atoms with Crippen LogP contribution in [0.4, 0.5) is 16.2 Å². The number of nitriles is 1. The molecule has 0 bridgehead atoms. The molecule has 2 rings (SSSR count). The minimum atomic E-state index is -0.402. The SMILES string of the molecule is CN(C)C(=O)COc1ccc(NC(=O)Nc2ccc(C#N)cc2)cc1. The number of hydrogen-bond donors (Lipinski definition) is 2. The molecule has 0 radical (unpaired) electrons. The third-order valence-corrected chi connectivity index (χ3v) is 3.25. The third kappa shape index (κ3) is 5.55. The third-order valence-electron chi connectivity index (χ3n) is 3.25. The second kappa shape index (κ2) is 8.36. The number of likely N-dealkylation sites (N-methyl/N-ethyl adjacent to an activating group) is 1. The van der Waals surface area contributed by atoms with Crippen molar-refractivity contribution in [2.75, 3.05) is 31.3 Å². The topological polar surface area (TPSA) is 94.5 Å². The molecule has 0 aromatic heterocycles. The Morgan fingerprint density at radius 2 is 1.52 bits per heavy atom. The Kier molecular flexibility index (Phi) is 5.96. The van der Waals surface area contributed by atoms with Gasteiger partial charge in [-0.2, -0.15) is 5.26 Å². The highest BCUT2D eigenvalue weighted by atomic mass is 16.5. The highest BCUT2D eigenvalue weighted by Crippen LogP contribution is 2.16. The van der Waals surface area contributed by atoms with E-state index in [4.69, 9.17) is 10.00 Å². The van der Waals surface area contributed by atoms with Crippen LogP contribution in [0, 0.1) is 11.3 Å². The molecule has 0 spiro atoms. The molecule has 0 saturated carbocycles. The molecule has 0 fully saturated rings. The standard InChI is InChI=1S/C18H18N4O3/c1-22(2)17(23)12-25-16-9-7-15(8-10-16)21-18(24)20-14-5-3-13(11-19)4-6-14/h3-10H,12H2,1-2H3,(H2,20,21,24). The number of amides is 3. The minimum absolute atomic E-state index is 0.0427. The number of carbonyl (C=O) groups is 2. The molecule has 0 aliphatic heterocycles. The van der Waals surface area contributed by atoms with Gasteiger partial charge < -0.3 is 20.3 Å². The predicted octanol–water partition coefficient (Wildman–Crippen LogP) is 2.67. The largest absolute Gasteiger partial charge is 0.484 e. The molecule has 2 aromatic carbocycles. The number of hydrogen-bond acceptors (Lipinski definition) is 4. The summed E-state index contributed by atoms with van der Waals surface area (Å²) >= 11 is 0. The molecule has 7 nitrogen and oxygen atoms in total. The molecule has 0 aliphatic rings. The number of ether oxygens (including phenoxy) is 1. The molecule has 0 saturated heterocycles. The molecule has 0 aliphatic carbocycles. The van der Waals surface area contributed by atoms with Crippen LogP contribution < -0.4 is 15.4 Å². The van der Waals surface area contributed by atoms with Gasteiger partial charge in [0.25, 0.3) is 5.91 Å². The van der Waals surface area contributed by atoms with Crippen LogP contribution in [0.25, 0.3) is 0 Å². The van der Waals surface area contributed by atoms with E-state index >= 15 is 0 Å². The molecule has 0 atom stereocenters. The summed E-state index contributed by atoms with van der Waals surface area (Å²) in [5.41, 5.74) is 1.69. The van der Waals surface area contributed by atoms with Crippen molar-refractivity contribution in [3.05, 3.63) is 54.1 Å². The zero-order chi connectivity index (χ0) is 18.2. The quantitative estimate of drug-likeness (QED) is 0.876. The number of nitrogens with one attached hydrogen (secondary N) is 2. The Bertz CT molecular complexity index is 777. The van der Waals surface area contributed by atoms with E-state index in [-0.39, 0.29) is 12.5 Å². The van der Waals surface area contributed by atoms with Gasteiger partial charge in [-0.3, -0.25) is 4.79 Å². The van der Waals surface area contributed by atoms with E-state index in [0.29, 0.717) is 22.7 Å². The van der Waals surface area contributed by atoms with E-state index in [1.165, 1.54) is 4.90 Å². The van der Waals surface area contributed by atoms with Crippen molar-refractivity contribution in [1.82, 2.24) is 4.90 Å². The summed E-state index contributed by atoms with van der Waals surface area (Å²) in [6, 6.07) is 14.8. The number of urea groups is 1. The van der Waals surface area contributed by atoms with Crippen molar-refractivity contribution in [2.45, 2.75) is 0 Å². The first-order chi connectivity index (χ1) is 12.0. The Balaban J connectivity index is 1.86. The lowest BCUT2D eigenvalue weighted by Crippen LogP contribution is -2.27. The molecular formula is C18H18N4O3. The van der Waals surface area contributed by atoms with Crippen molar-refractivity contribution >= 4 is 23.3 Å². The average molecular weight is 338 g/mol. The molecule has 0 unspecified atom stereocenters. The van der Waals surface area contributed by atoms with Gasteiger partial charge in [0.2, 0.25) is 0 Å². The van der Waals surface area contributed by atoms with Crippen LogP contribution in [0.3, 0.4) is 0 Å². The first-order valence-electron chi connectivity index (χ1n) is 7.49. The van der Waals surface area contributed by atoms with Crippen molar-refractivity contribution in [2.24, 2.45) is 0 Å². The number of benzene rings is 2. The van der Waals surface area contributed by atoms with Crippen molar-refractivity contribution in [3.8, 4) is 11.8 Å². The fourth-order valence-corrected chi connectivity index (χ4v) is 1.83. The van der Waals surface area contributed by atoms with E-state index in [0.717, 1.165) is 0 Å². The van der Waals surface area contributed by atoms with Crippen molar-refractivity contribution in [3.63, 3.8) is 0 Å². The van der Waals surface area contributed by atoms with Gasteiger partial charge in [-0.1, -0.05) is 0 Å². The molecule has 3 amide bonds. The fraction of sp³-hybridized carbons (Fsp3) is 0.167. The first-order valence-corrected chi connectivity index (χ1v) is 7.49. The van der Waals surface area contributed by atoms with Gasteiger partial charge in [-0.25, -0.2) is 4.79 Å². The van der Waals surface area contributed by atoms with Gasteiger partial charge >= 0.3 is 6.03 Å². The summed E-state index contributed by atoms with van der Waals surface area (Å²) in [5.74, 6) is 0.400. The molecule has 7 heteroatoms. The predicted molar refractivity (Wildman–Crippen MR) is 94.4 cm³/mol. The zero-order valence-electron chi connectivity index (χ0n) is 13.9. The lowest BCUT2D eigenvalue weighted by molar-refractivity contribution is -0.130. The molecule has 2 aromatic rings. The van der Waals surface area contributed by atoms with Crippen molar-refractivity contribution < 1.29 is 14.3 Å². The van der Waals surface area contributed by atoms with E-state index in [2.05, 4.69) is 10.6 Å². The molecule has 0 heterocycles. The molecule has 128 valence electrons. The van der Waals surface area contributed by atoms with Crippen molar-refractivity contribution in [1.29, 1.82) is 5.26 Å². The summed E-state index contributed by atoms with van der Waals surface area (Å²) < 4.78 is 5.36. The van der Waals surface area contributed by atoms with E-state index < -0.39 is 6.03 Å². The fourth-order valence-electron chi connectivity index (χ4n) is 1.83. The average Bonchev–Trinajstić information content (AvgIpc) is 2.61. The van der Waals surface area contributed by atoms with E-state index in [1.54, 1.807) is 62.6 Å². The van der Waals surface area contributed by atoms with E-state index in [9.17, 15) is 9.59 Å². The Hall–Kier alpha value is -3.53. The number of nitrogens with zero attached hydrogens (tertiary/aromatic N) is 2. The van der Waals surface area contributed by atoms with Crippen LogP contribution in [0.1, 0.15) is 5.56 Å². The number of carbonyl (C=O) groups excluding carboxylic acids is 2. The smallest absolute Gasteiger partial charge is 0.323 e. The molecular weight excluding hydrogens is 320 g/mol. The van der Waals surface area contributed by atoms with Gasteiger partial charge in [-0.05, 0) is 48.5 Å². The summed E-state index contributed by atoms with van der Waals surface area (Å²) in [5, 5.41) is 14.1. The second-order valence-corrected chi connectivity index (χ2v) is 5.37. The van der Waals surface area contributed by atoms with Crippen LogP contribution in [0.15, 0.2) is 48.5 Å². The summed E-state index contributed by atoms with van der Waals surface area (Å²) in [7, 11) is 3.32. The minimum Gasteiger partial charge on any atom is -0.484 e. The van der Waals surface area contributed by atoms with Crippen LogP contribution in [0.2, 0.25) is 0 Å². The second-order valence-electron chi connectivity index (χ2n) is 5.37. The van der Waals surface area contributed by atoms with Gasteiger partial charge in [0.1, 0.15) is 5.75 Å². The normalized spacial score (nSPS) is 9.64. The maximum absolute atomic E-state index is 11.9.